The normalized spacial score (nSPS) is 12.7. The lowest BCUT2D eigenvalue weighted by Gasteiger charge is -2.11. The van der Waals surface area contributed by atoms with Crippen LogP contribution >= 0.6 is 0 Å². The van der Waals surface area contributed by atoms with E-state index in [1.54, 1.807) is 0 Å². The van der Waals surface area contributed by atoms with Crippen molar-refractivity contribution in [1.29, 1.82) is 0 Å². The molecule has 3 N–H and O–H groups in total. The first-order valence-electron chi connectivity index (χ1n) is 4.65. The minimum atomic E-state index is -4.72. The van der Waals surface area contributed by atoms with Gasteiger partial charge in [0, 0.05) is 5.69 Å². The Bertz CT molecular complexity index is 554. The van der Waals surface area contributed by atoms with Gasteiger partial charge in [0.25, 0.3) is 0 Å². The Hall–Kier alpha value is -1.35. The molecule has 0 aliphatic carbocycles. The maximum atomic E-state index is 13.4. The van der Waals surface area contributed by atoms with Crippen LogP contribution in [0, 0.1) is 12.7 Å². The zero-order valence-corrected chi connectivity index (χ0v) is 9.99. The third kappa shape index (κ3) is 3.57. The van der Waals surface area contributed by atoms with Gasteiger partial charge in [-0.05, 0) is 24.6 Å². The number of anilines is 1. The van der Waals surface area contributed by atoms with Gasteiger partial charge in [0.15, 0.2) is 0 Å². The Kier molecular flexibility index (Phi) is 3.86. The molecule has 0 amide bonds. The number of nitrogen functional groups attached to an aromatic ring is 1. The molecule has 0 aliphatic heterocycles. The lowest BCUT2D eigenvalue weighted by Crippen LogP contribution is -2.34. The molecule has 0 atom stereocenters. The molecule has 0 bridgehead atoms. The predicted molar refractivity (Wildman–Crippen MR) is 56.8 cm³/mol. The zero-order valence-electron chi connectivity index (χ0n) is 9.18. The number of benzene rings is 1. The summed E-state index contributed by atoms with van der Waals surface area (Å²) in [5.74, 6) is -1.16. The van der Waals surface area contributed by atoms with Crippen LogP contribution in [0.4, 0.5) is 23.2 Å². The molecule has 0 spiro atoms. The molecule has 0 saturated carbocycles. The van der Waals surface area contributed by atoms with Crippen molar-refractivity contribution in [1.82, 2.24) is 4.72 Å². The Morgan fingerprint density at radius 3 is 2.39 bits per heavy atom. The van der Waals surface area contributed by atoms with Crippen LogP contribution in [0.2, 0.25) is 0 Å². The molecule has 0 aromatic heterocycles. The number of alkyl halides is 3. The number of nitrogens with two attached hydrogens (primary N) is 1. The van der Waals surface area contributed by atoms with Crippen LogP contribution in [-0.4, -0.2) is 21.1 Å². The molecular formula is C9H10F4N2O2S. The largest absolute Gasteiger partial charge is 0.402 e. The van der Waals surface area contributed by atoms with Gasteiger partial charge in [-0.15, -0.1) is 0 Å². The highest BCUT2D eigenvalue weighted by Crippen LogP contribution is 2.22. The van der Waals surface area contributed by atoms with E-state index < -0.39 is 33.5 Å². The highest BCUT2D eigenvalue weighted by Gasteiger charge is 2.31. The third-order valence-electron chi connectivity index (χ3n) is 2.07. The van der Waals surface area contributed by atoms with Crippen molar-refractivity contribution in [3.63, 3.8) is 0 Å². The molecule has 1 aromatic rings. The fraction of sp³-hybridized carbons (Fsp3) is 0.333. The number of halogens is 4. The molecule has 0 unspecified atom stereocenters. The predicted octanol–water partition coefficient (Wildman–Crippen LogP) is 1.56. The number of aryl methyl sites for hydroxylation is 1. The Balaban J connectivity index is 3.10. The maximum Gasteiger partial charge on any atom is 0.402 e. The van der Waals surface area contributed by atoms with Crippen molar-refractivity contribution in [3.05, 3.63) is 23.5 Å². The summed E-state index contributed by atoms with van der Waals surface area (Å²) in [6.45, 7) is -0.333. The van der Waals surface area contributed by atoms with E-state index in [-0.39, 0.29) is 5.69 Å². The lowest BCUT2D eigenvalue weighted by molar-refractivity contribution is -0.121. The summed E-state index contributed by atoms with van der Waals surface area (Å²) in [6, 6.07) is 1.63. The van der Waals surface area contributed by atoms with Crippen molar-refractivity contribution in [3.8, 4) is 0 Å². The summed E-state index contributed by atoms with van der Waals surface area (Å²) in [5.41, 5.74) is 5.66. The molecular weight excluding hydrogens is 276 g/mol. The highest BCUT2D eigenvalue weighted by molar-refractivity contribution is 7.89. The van der Waals surface area contributed by atoms with Gasteiger partial charge >= 0.3 is 6.18 Å². The van der Waals surface area contributed by atoms with E-state index in [1.165, 1.54) is 11.6 Å². The summed E-state index contributed by atoms with van der Waals surface area (Å²) in [4.78, 5) is -0.908. The van der Waals surface area contributed by atoms with Crippen molar-refractivity contribution in [2.75, 3.05) is 12.3 Å². The number of rotatable bonds is 3. The summed E-state index contributed by atoms with van der Waals surface area (Å²) in [5, 5.41) is 0. The fourth-order valence-corrected chi connectivity index (χ4v) is 2.24. The molecule has 9 heteroatoms. The molecule has 1 rings (SSSR count). The van der Waals surface area contributed by atoms with E-state index in [1.807, 2.05) is 0 Å². The molecule has 1 aromatic carbocycles. The van der Waals surface area contributed by atoms with Gasteiger partial charge in [-0.25, -0.2) is 17.5 Å². The lowest BCUT2D eigenvalue weighted by atomic mass is 10.2. The maximum absolute atomic E-state index is 13.4. The van der Waals surface area contributed by atoms with Gasteiger partial charge in [0.1, 0.15) is 17.3 Å². The monoisotopic (exact) mass is 286 g/mol. The zero-order chi connectivity index (χ0) is 14.1. The SMILES string of the molecule is Cc1cc(F)c(S(=O)(=O)NCC(F)(F)F)cc1N. The van der Waals surface area contributed by atoms with Gasteiger partial charge in [-0.2, -0.15) is 13.2 Å². The smallest absolute Gasteiger partial charge is 0.398 e. The number of sulfonamides is 1. The second-order valence-corrected chi connectivity index (χ2v) is 5.31. The van der Waals surface area contributed by atoms with Crippen LogP contribution in [0.25, 0.3) is 0 Å². The molecule has 4 nitrogen and oxygen atoms in total. The van der Waals surface area contributed by atoms with Crippen molar-refractivity contribution in [2.45, 2.75) is 18.0 Å². The number of hydrogen-bond donors (Lipinski definition) is 2. The second kappa shape index (κ2) is 4.73. The molecule has 0 radical (unpaired) electrons. The molecule has 102 valence electrons. The van der Waals surface area contributed by atoms with E-state index in [2.05, 4.69) is 0 Å². The summed E-state index contributed by atoms with van der Waals surface area (Å²) < 4.78 is 73.3. The minimum Gasteiger partial charge on any atom is -0.398 e. The third-order valence-corrected chi connectivity index (χ3v) is 3.49. The summed E-state index contributed by atoms with van der Waals surface area (Å²) in [7, 11) is -4.59. The van der Waals surface area contributed by atoms with Crippen LogP contribution in [0.1, 0.15) is 5.56 Å². The number of nitrogens with one attached hydrogen (secondary N) is 1. The number of hydrogen-bond acceptors (Lipinski definition) is 3. The minimum absolute atomic E-state index is 0.0243. The average molecular weight is 286 g/mol. The summed E-state index contributed by atoms with van der Waals surface area (Å²) >= 11 is 0. The van der Waals surface area contributed by atoms with Crippen LogP contribution in [-0.2, 0) is 10.0 Å². The van der Waals surface area contributed by atoms with Gasteiger partial charge < -0.3 is 5.73 Å². The van der Waals surface area contributed by atoms with E-state index in [0.717, 1.165) is 12.1 Å². The van der Waals surface area contributed by atoms with E-state index in [0.29, 0.717) is 5.56 Å². The molecule has 0 saturated heterocycles. The second-order valence-electron chi connectivity index (χ2n) is 3.58. The molecule has 0 aliphatic rings. The standard InChI is InChI=1S/C9H10F4N2O2S/c1-5-2-6(10)8(3-7(5)14)18(16,17)15-4-9(11,12)13/h2-3,15H,4,14H2,1H3. The molecule has 0 heterocycles. The van der Waals surface area contributed by atoms with Gasteiger partial charge in [0.2, 0.25) is 10.0 Å². The van der Waals surface area contributed by atoms with Crippen molar-refractivity contribution >= 4 is 15.7 Å². The fourth-order valence-electron chi connectivity index (χ4n) is 1.13. The Morgan fingerprint density at radius 1 is 1.33 bits per heavy atom. The Labute approximate surface area is 101 Å². The van der Waals surface area contributed by atoms with Gasteiger partial charge in [-0.3, -0.25) is 0 Å². The van der Waals surface area contributed by atoms with E-state index in [4.69, 9.17) is 5.73 Å². The van der Waals surface area contributed by atoms with Crippen molar-refractivity contribution < 1.29 is 26.0 Å². The van der Waals surface area contributed by atoms with Crippen LogP contribution in [0.3, 0.4) is 0 Å². The first-order chi connectivity index (χ1) is 8.03. The van der Waals surface area contributed by atoms with Crippen molar-refractivity contribution in [2.24, 2.45) is 0 Å². The molecule has 0 fully saturated rings. The van der Waals surface area contributed by atoms with Crippen LogP contribution in [0.15, 0.2) is 17.0 Å². The first-order valence-corrected chi connectivity index (χ1v) is 6.13. The Morgan fingerprint density at radius 2 is 1.89 bits per heavy atom. The topological polar surface area (TPSA) is 72.2 Å². The summed E-state index contributed by atoms with van der Waals surface area (Å²) in [6.07, 6.45) is -4.72. The molecule has 18 heavy (non-hydrogen) atoms. The van der Waals surface area contributed by atoms with E-state index >= 15 is 0 Å². The quantitative estimate of drug-likeness (QED) is 0.654. The van der Waals surface area contributed by atoms with Crippen LogP contribution < -0.4 is 10.5 Å². The van der Waals surface area contributed by atoms with E-state index in [9.17, 15) is 26.0 Å². The van der Waals surface area contributed by atoms with Gasteiger partial charge in [-0.1, -0.05) is 0 Å². The van der Waals surface area contributed by atoms with Gasteiger partial charge in [0.05, 0.1) is 0 Å². The average Bonchev–Trinajstić information content (AvgIpc) is 2.19. The van der Waals surface area contributed by atoms with Crippen LogP contribution in [0.5, 0.6) is 0 Å². The first kappa shape index (κ1) is 14.7. The highest BCUT2D eigenvalue weighted by atomic mass is 32.2.